The molecule has 2 nitrogen and oxygen atoms in total. The number of carbonyl (C=O) groups is 1. The van der Waals surface area contributed by atoms with Crippen LogP contribution in [0.3, 0.4) is 0 Å². The smallest absolute Gasteiger partial charge is 0.168 e. The first-order valence-corrected chi connectivity index (χ1v) is 4.70. The molecule has 1 rings (SSSR count). The maximum atomic E-state index is 11.8. The second-order valence-electron chi connectivity index (χ2n) is 4.43. The normalized spacial score (nSPS) is 11.4. The molecule has 0 radical (unpaired) electrons. The summed E-state index contributed by atoms with van der Waals surface area (Å²) in [7, 11) is 0. The third-order valence-corrected chi connectivity index (χ3v) is 2.08. The van der Waals surface area contributed by atoms with Crippen LogP contribution in [0.15, 0.2) is 24.3 Å². The first kappa shape index (κ1) is 10.9. The van der Waals surface area contributed by atoms with E-state index in [-0.39, 0.29) is 17.8 Å². The monoisotopic (exact) mass is 192 g/mol. The van der Waals surface area contributed by atoms with E-state index < -0.39 is 0 Å². The van der Waals surface area contributed by atoms with Crippen LogP contribution in [-0.4, -0.2) is 10.9 Å². The molecule has 2 heteroatoms. The summed E-state index contributed by atoms with van der Waals surface area (Å²) in [5.41, 5.74) is 1.19. The fraction of sp³-hybridized carbons (Fsp3) is 0.417. The van der Waals surface area contributed by atoms with E-state index in [1.165, 1.54) is 0 Å². The molecule has 1 aromatic carbocycles. The minimum atomic E-state index is -0.346. The third-order valence-electron chi connectivity index (χ3n) is 2.08. The summed E-state index contributed by atoms with van der Waals surface area (Å²) >= 11 is 0. The summed E-state index contributed by atoms with van der Waals surface area (Å²) in [5.74, 6) is 0.127. The molecule has 0 spiro atoms. The number of hydrogen-bond donors (Lipinski definition) is 1. The van der Waals surface area contributed by atoms with Crippen molar-refractivity contribution < 1.29 is 9.90 Å². The number of carbonyl (C=O) groups excluding carboxylic acids is 1. The van der Waals surface area contributed by atoms with Crippen LogP contribution in [0.1, 0.15) is 36.7 Å². The van der Waals surface area contributed by atoms with Gasteiger partial charge in [-0.15, -0.1) is 0 Å². The van der Waals surface area contributed by atoms with Gasteiger partial charge in [0.2, 0.25) is 0 Å². The average molecular weight is 192 g/mol. The summed E-state index contributed by atoms with van der Waals surface area (Å²) in [6.45, 7) is 5.71. The number of aliphatic hydroxyl groups excluding tert-OH is 1. The Hall–Kier alpha value is -1.15. The van der Waals surface area contributed by atoms with Gasteiger partial charge in [0.1, 0.15) is 0 Å². The Labute approximate surface area is 84.6 Å². The van der Waals surface area contributed by atoms with Crippen LogP contribution in [0.5, 0.6) is 0 Å². The highest BCUT2D eigenvalue weighted by Gasteiger charge is 2.22. The zero-order chi connectivity index (χ0) is 10.8. The van der Waals surface area contributed by atoms with Gasteiger partial charge in [-0.3, -0.25) is 4.79 Å². The molecule has 76 valence electrons. The van der Waals surface area contributed by atoms with Crippen molar-refractivity contribution in [3.63, 3.8) is 0 Å². The predicted molar refractivity (Wildman–Crippen MR) is 56.2 cm³/mol. The summed E-state index contributed by atoms with van der Waals surface area (Å²) in [5, 5.41) is 8.84. The van der Waals surface area contributed by atoms with Gasteiger partial charge in [-0.05, 0) is 5.56 Å². The van der Waals surface area contributed by atoms with Crippen LogP contribution >= 0.6 is 0 Å². The molecule has 0 aromatic heterocycles. The summed E-state index contributed by atoms with van der Waals surface area (Å²) in [6, 6.07) is 7.08. The van der Waals surface area contributed by atoms with Crippen LogP contribution in [0.25, 0.3) is 0 Å². The lowest BCUT2D eigenvalue weighted by Gasteiger charge is -2.16. The molecule has 14 heavy (non-hydrogen) atoms. The Kier molecular flexibility index (Phi) is 3.06. The molecule has 0 fully saturated rings. The van der Waals surface area contributed by atoms with Crippen molar-refractivity contribution in [2.75, 3.05) is 0 Å². The summed E-state index contributed by atoms with van der Waals surface area (Å²) in [6.07, 6.45) is 0. The molecule has 1 N–H and O–H groups in total. The van der Waals surface area contributed by atoms with Crippen LogP contribution in [0.2, 0.25) is 0 Å². The Morgan fingerprint density at radius 2 is 1.71 bits per heavy atom. The minimum absolute atomic E-state index is 0.0178. The van der Waals surface area contributed by atoms with Gasteiger partial charge in [0.25, 0.3) is 0 Å². The van der Waals surface area contributed by atoms with Crippen molar-refractivity contribution in [2.24, 2.45) is 5.41 Å². The molecule has 0 heterocycles. The van der Waals surface area contributed by atoms with Gasteiger partial charge in [-0.25, -0.2) is 0 Å². The van der Waals surface area contributed by atoms with E-state index in [2.05, 4.69) is 0 Å². The van der Waals surface area contributed by atoms with E-state index in [1.54, 1.807) is 24.3 Å². The van der Waals surface area contributed by atoms with Gasteiger partial charge in [0.05, 0.1) is 6.61 Å². The fourth-order valence-corrected chi connectivity index (χ4v) is 1.19. The lowest BCUT2D eigenvalue weighted by Crippen LogP contribution is -2.20. The third kappa shape index (κ3) is 2.42. The second kappa shape index (κ2) is 3.93. The highest BCUT2D eigenvalue weighted by Crippen LogP contribution is 2.20. The van der Waals surface area contributed by atoms with E-state index >= 15 is 0 Å². The van der Waals surface area contributed by atoms with Crippen molar-refractivity contribution >= 4 is 5.78 Å². The Balaban J connectivity index is 2.93. The van der Waals surface area contributed by atoms with Crippen LogP contribution in [-0.2, 0) is 6.61 Å². The second-order valence-corrected chi connectivity index (χ2v) is 4.43. The summed E-state index contributed by atoms with van der Waals surface area (Å²) in [4.78, 5) is 11.8. The van der Waals surface area contributed by atoms with Crippen molar-refractivity contribution in [2.45, 2.75) is 27.4 Å². The Morgan fingerprint density at radius 1 is 1.21 bits per heavy atom. The molecule has 0 aliphatic heterocycles. The largest absolute Gasteiger partial charge is 0.392 e. The maximum absolute atomic E-state index is 11.8. The van der Waals surface area contributed by atoms with Gasteiger partial charge in [0, 0.05) is 11.0 Å². The predicted octanol–water partition coefficient (Wildman–Crippen LogP) is 2.41. The van der Waals surface area contributed by atoms with E-state index in [1.807, 2.05) is 20.8 Å². The number of ketones is 1. The number of hydrogen-bond acceptors (Lipinski definition) is 2. The zero-order valence-electron chi connectivity index (χ0n) is 8.87. The Bertz CT molecular complexity index is 317. The van der Waals surface area contributed by atoms with E-state index in [9.17, 15) is 4.79 Å². The Morgan fingerprint density at radius 3 is 2.07 bits per heavy atom. The van der Waals surface area contributed by atoms with Crippen molar-refractivity contribution in [1.82, 2.24) is 0 Å². The molecule has 0 unspecified atom stereocenters. The van der Waals surface area contributed by atoms with Gasteiger partial charge in [-0.1, -0.05) is 45.0 Å². The average Bonchev–Trinajstić information content (AvgIpc) is 2.15. The van der Waals surface area contributed by atoms with E-state index in [0.717, 1.165) is 5.56 Å². The number of Topliss-reactive ketones (excluding diaryl/α,β-unsaturated/α-hetero) is 1. The molecule has 0 aliphatic rings. The van der Waals surface area contributed by atoms with Crippen LogP contribution < -0.4 is 0 Å². The fourth-order valence-electron chi connectivity index (χ4n) is 1.19. The molecule has 0 aliphatic carbocycles. The zero-order valence-corrected chi connectivity index (χ0v) is 8.87. The highest BCUT2D eigenvalue weighted by atomic mass is 16.3. The molecule has 0 amide bonds. The minimum Gasteiger partial charge on any atom is -0.392 e. The van der Waals surface area contributed by atoms with Crippen LogP contribution in [0.4, 0.5) is 0 Å². The van der Waals surface area contributed by atoms with Gasteiger partial charge in [-0.2, -0.15) is 0 Å². The van der Waals surface area contributed by atoms with Gasteiger partial charge in [0.15, 0.2) is 5.78 Å². The van der Waals surface area contributed by atoms with Crippen molar-refractivity contribution in [1.29, 1.82) is 0 Å². The molecule has 0 bridgehead atoms. The first-order chi connectivity index (χ1) is 6.45. The number of aliphatic hydroxyl groups is 1. The van der Waals surface area contributed by atoms with Gasteiger partial charge < -0.3 is 5.11 Å². The van der Waals surface area contributed by atoms with Crippen molar-refractivity contribution in [3.8, 4) is 0 Å². The van der Waals surface area contributed by atoms with E-state index in [0.29, 0.717) is 5.56 Å². The lowest BCUT2D eigenvalue weighted by atomic mass is 9.86. The maximum Gasteiger partial charge on any atom is 0.168 e. The topological polar surface area (TPSA) is 37.3 Å². The van der Waals surface area contributed by atoms with Gasteiger partial charge >= 0.3 is 0 Å². The molecular formula is C12H16O2. The molecule has 0 atom stereocenters. The SMILES string of the molecule is CC(C)(C)C(=O)c1ccc(CO)cc1. The quantitative estimate of drug-likeness (QED) is 0.730. The van der Waals surface area contributed by atoms with Crippen molar-refractivity contribution in [3.05, 3.63) is 35.4 Å². The lowest BCUT2D eigenvalue weighted by molar-refractivity contribution is 0.0858. The van der Waals surface area contributed by atoms with Crippen LogP contribution in [0, 0.1) is 5.41 Å². The molecular weight excluding hydrogens is 176 g/mol. The molecule has 0 saturated heterocycles. The van der Waals surface area contributed by atoms with E-state index in [4.69, 9.17) is 5.11 Å². The molecule has 1 aromatic rings. The first-order valence-electron chi connectivity index (χ1n) is 4.70. The standard InChI is InChI=1S/C12H16O2/c1-12(2,3)11(14)10-6-4-9(8-13)5-7-10/h4-7,13H,8H2,1-3H3. The molecule has 0 saturated carbocycles. The number of rotatable bonds is 2. The number of benzene rings is 1. The summed E-state index contributed by atoms with van der Waals surface area (Å²) < 4.78 is 0. The highest BCUT2D eigenvalue weighted by molar-refractivity contribution is 5.99.